The normalized spacial score (nSPS) is 19.0. The summed E-state index contributed by atoms with van der Waals surface area (Å²) in [5.74, 6) is -0.299. The second-order valence-electron chi connectivity index (χ2n) is 9.14. The molecule has 1 amide bonds. The van der Waals surface area contributed by atoms with E-state index in [9.17, 15) is 13.6 Å². The van der Waals surface area contributed by atoms with Gasteiger partial charge in [0.05, 0.1) is 0 Å². The predicted octanol–water partition coefficient (Wildman–Crippen LogP) is 5.91. The minimum atomic E-state index is -0.256. The summed E-state index contributed by atoms with van der Waals surface area (Å²) in [6.45, 7) is 3.44. The molecule has 2 aliphatic rings. The number of likely N-dealkylation sites (tertiary alicyclic amines) is 1. The number of rotatable bonds is 7. The SMILES string of the molecule is Cl.O=C(NCCCCN1CC[C@@H]2C(C1)c1cc(F)ccc1N2c1ccc(F)cc1)c1ccccc1. The summed E-state index contributed by atoms with van der Waals surface area (Å²) in [5.41, 5.74) is 3.69. The number of piperidine rings is 1. The molecule has 0 radical (unpaired) electrons. The van der Waals surface area contributed by atoms with Crippen LogP contribution in [0.2, 0.25) is 0 Å². The standard InChI is InChI=1S/C28H29F2N3O.ClH/c29-21-8-11-23(12-9-21)33-26-13-10-22(30)18-24(26)25-19-32(17-14-27(25)33)16-5-4-15-31-28(34)20-6-2-1-3-7-20;/h1-3,6-13,18,25,27H,4-5,14-17,19H2,(H,31,34);1H/t25?,27-;/m1./s1. The summed E-state index contributed by atoms with van der Waals surface area (Å²) < 4.78 is 27.7. The van der Waals surface area contributed by atoms with E-state index in [0.717, 1.165) is 55.8 Å². The molecule has 1 fully saturated rings. The van der Waals surface area contributed by atoms with Crippen molar-refractivity contribution >= 4 is 29.7 Å². The van der Waals surface area contributed by atoms with E-state index in [1.807, 2.05) is 36.4 Å². The Hall–Kier alpha value is -2.96. The number of fused-ring (bicyclic) bond motifs is 3. The molecule has 3 aromatic rings. The van der Waals surface area contributed by atoms with Crippen LogP contribution in [-0.2, 0) is 0 Å². The fourth-order valence-electron chi connectivity index (χ4n) is 5.33. The lowest BCUT2D eigenvalue weighted by Crippen LogP contribution is -2.45. The van der Waals surface area contributed by atoms with Crippen molar-refractivity contribution in [3.05, 3.63) is 95.6 Å². The van der Waals surface area contributed by atoms with Crippen LogP contribution in [0, 0.1) is 11.6 Å². The van der Waals surface area contributed by atoms with Crippen LogP contribution in [0.1, 0.15) is 41.1 Å². The maximum atomic E-state index is 14.2. The molecule has 1 unspecified atom stereocenters. The van der Waals surface area contributed by atoms with Crippen molar-refractivity contribution in [2.45, 2.75) is 31.2 Å². The number of carbonyl (C=O) groups is 1. The van der Waals surface area contributed by atoms with Crippen molar-refractivity contribution in [2.75, 3.05) is 31.1 Å². The summed E-state index contributed by atoms with van der Waals surface area (Å²) in [4.78, 5) is 16.9. The van der Waals surface area contributed by atoms with Crippen LogP contribution in [0.5, 0.6) is 0 Å². The Bertz CT molecular complexity index is 1140. The first-order chi connectivity index (χ1) is 16.6. The Labute approximate surface area is 211 Å². The van der Waals surface area contributed by atoms with Gasteiger partial charge in [0.25, 0.3) is 5.91 Å². The zero-order chi connectivity index (χ0) is 23.5. The molecule has 0 saturated carbocycles. The van der Waals surface area contributed by atoms with E-state index in [2.05, 4.69) is 15.1 Å². The average Bonchev–Trinajstić information content (AvgIpc) is 3.17. The number of hydrogen-bond acceptors (Lipinski definition) is 3. The van der Waals surface area contributed by atoms with Gasteiger partial charge in [-0.25, -0.2) is 8.78 Å². The third-order valence-corrected chi connectivity index (χ3v) is 6.97. The summed E-state index contributed by atoms with van der Waals surface area (Å²) in [7, 11) is 0. The highest BCUT2D eigenvalue weighted by molar-refractivity contribution is 5.94. The van der Waals surface area contributed by atoms with Gasteiger partial charge >= 0.3 is 0 Å². The fourth-order valence-corrected chi connectivity index (χ4v) is 5.33. The van der Waals surface area contributed by atoms with Crippen molar-refractivity contribution < 1.29 is 13.6 Å². The van der Waals surface area contributed by atoms with Gasteiger partial charge in [0.1, 0.15) is 11.6 Å². The Morgan fingerprint density at radius 3 is 2.46 bits per heavy atom. The number of unbranched alkanes of at least 4 members (excludes halogenated alkanes) is 1. The molecule has 7 heteroatoms. The highest BCUT2D eigenvalue weighted by Gasteiger charge is 2.42. The number of amides is 1. The monoisotopic (exact) mass is 497 g/mol. The second kappa shape index (κ2) is 11.2. The zero-order valence-electron chi connectivity index (χ0n) is 19.5. The maximum absolute atomic E-state index is 14.2. The quantitative estimate of drug-likeness (QED) is 0.412. The molecule has 3 aromatic carbocycles. The Balaban J connectivity index is 0.00000289. The van der Waals surface area contributed by atoms with Crippen LogP contribution in [0.3, 0.4) is 0 Å². The predicted molar refractivity (Wildman–Crippen MR) is 138 cm³/mol. The van der Waals surface area contributed by atoms with Crippen LogP contribution >= 0.6 is 12.4 Å². The molecule has 0 bridgehead atoms. The summed E-state index contributed by atoms with van der Waals surface area (Å²) in [6.07, 6.45) is 2.86. The first-order valence-electron chi connectivity index (χ1n) is 12.0. The van der Waals surface area contributed by atoms with E-state index in [1.54, 1.807) is 18.2 Å². The average molecular weight is 498 g/mol. The number of carbonyl (C=O) groups excluding carboxylic acids is 1. The van der Waals surface area contributed by atoms with Gasteiger partial charge in [-0.05, 0) is 86.0 Å². The van der Waals surface area contributed by atoms with Gasteiger partial charge in [0.2, 0.25) is 0 Å². The first-order valence-corrected chi connectivity index (χ1v) is 12.0. The molecule has 2 aliphatic heterocycles. The second-order valence-corrected chi connectivity index (χ2v) is 9.14. The van der Waals surface area contributed by atoms with E-state index < -0.39 is 0 Å². The van der Waals surface area contributed by atoms with Gasteiger partial charge in [-0.1, -0.05) is 18.2 Å². The van der Waals surface area contributed by atoms with E-state index in [-0.39, 0.29) is 41.9 Å². The van der Waals surface area contributed by atoms with Crippen LogP contribution in [0.4, 0.5) is 20.2 Å². The van der Waals surface area contributed by atoms with Crippen molar-refractivity contribution in [1.82, 2.24) is 10.2 Å². The van der Waals surface area contributed by atoms with Crippen LogP contribution < -0.4 is 10.2 Å². The largest absolute Gasteiger partial charge is 0.352 e. The number of benzene rings is 3. The highest BCUT2D eigenvalue weighted by atomic mass is 35.5. The molecule has 1 saturated heterocycles. The molecule has 4 nitrogen and oxygen atoms in total. The number of anilines is 2. The minimum absolute atomic E-state index is 0. The third-order valence-electron chi connectivity index (χ3n) is 6.97. The first kappa shape index (κ1) is 25.1. The van der Waals surface area contributed by atoms with Crippen molar-refractivity contribution in [3.8, 4) is 0 Å². The highest BCUT2D eigenvalue weighted by Crippen LogP contribution is 2.48. The third kappa shape index (κ3) is 5.49. The summed E-state index contributed by atoms with van der Waals surface area (Å²) in [6, 6.07) is 21.1. The molecule has 1 N–H and O–H groups in total. The zero-order valence-corrected chi connectivity index (χ0v) is 20.3. The summed E-state index contributed by atoms with van der Waals surface area (Å²) >= 11 is 0. The Kier molecular flexibility index (Phi) is 8.04. The molecule has 35 heavy (non-hydrogen) atoms. The van der Waals surface area contributed by atoms with Gasteiger partial charge in [-0.2, -0.15) is 0 Å². The van der Waals surface area contributed by atoms with Crippen LogP contribution in [0.25, 0.3) is 0 Å². The Morgan fingerprint density at radius 1 is 0.943 bits per heavy atom. The van der Waals surface area contributed by atoms with E-state index >= 15 is 0 Å². The molecule has 2 atom stereocenters. The maximum Gasteiger partial charge on any atom is 0.251 e. The van der Waals surface area contributed by atoms with Gasteiger partial charge in [-0.3, -0.25) is 4.79 Å². The molecular weight excluding hydrogens is 468 g/mol. The number of hydrogen-bond donors (Lipinski definition) is 1. The van der Waals surface area contributed by atoms with Gasteiger partial charge in [-0.15, -0.1) is 12.4 Å². The number of nitrogens with one attached hydrogen (secondary N) is 1. The summed E-state index contributed by atoms with van der Waals surface area (Å²) in [5, 5.41) is 2.99. The minimum Gasteiger partial charge on any atom is -0.352 e. The van der Waals surface area contributed by atoms with Gasteiger partial charge in [0, 0.05) is 48.5 Å². The van der Waals surface area contributed by atoms with E-state index in [1.165, 1.54) is 18.2 Å². The van der Waals surface area contributed by atoms with Gasteiger partial charge < -0.3 is 15.1 Å². The Morgan fingerprint density at radius 2 is 1.69 bits per heavy atom. The molecule has 0 aliphatic carbocycles. The van der Waals surface area contributed by atoms with Crippen molar-refractivity contribution in [1.29, 1.82) is 0 Å². The van der Waals surface area contributed by atoms with Crippen LogP contribution in [0.15, 0.2) is 72.8 Å². The number of halogens is 3. The van der Waals surface area contributed by atoms with Gasteiger partial charge in [0.15, 0.2) is 0 Å². The molecule has 5 rings (SSSR count). The number of nitrogens with zero attached hydrogens (tertiary/aromatic N) is 2. The van der Waals surface area contributed by atoms with E-state index in [4.69, 9.17) is 0 Å². The molecule has 184 valence electrons. The molecule has 0 spiro atoms. The van der Waals surface area contributed by atoms with E-state index in [0.29, 0.717) is 12.1 Å². The topological polar surface area (TPSA) is 35.6 Å². The lowest BCUT2D eigenvalue weighted by atomic mass is 9.89. The lowest BCUT2D eigenvalue weighted by molar-refractivity contribution is 0.0952. The fraction of sp³-hybridized carbons (Fsp3) is 0.321. The molecule has 0 aromatic heterocycles. The van der Waals surface area contributed by atoms with Crippen molar-refractivity contribution in [3.63, 3.8) is 0 Å². The smallest absolute Gasteiger partial charge is 0.251 e. The van der Waals surface area contributed by atoms with Crippen LogP contribution in [-0.4, -0.2) is 43.0 Å². The molecule has 2 heterocycles. The van der Waals surface area contributed by atoms with Crippen molar-refractivity contribution in [2.24, 2.45) is 0 Å². The lowest BCUT2D eigenvalue weighted by Gasteiger charge is -2.39. The molecular formula is C28H30ClF2N3O.